The molecule has 0 amide bonds. The first-order chi connectivity index (χ1) is 27.4. The Morgan fingerprint density at radius 1 is 0.357 bits per heavy atom. The third-order valence-corrected chi connectivity index (χ3v) is 11.7. The van der Waals surface area contributed by atoms with Crippen LogP contribution in [0.1, 0.15) is 278 Å². The number of hydrogen-bond donors (Lipinski definition) is 0. The van der Waals surface area contributed by atoms with E-state index < -0.39 is 6.10 Å². The molecule has 0 aliphatic rings. The average molecular weight is 793 g/mol. The van der Waals surface area contributed by atoms with E-state index in [4.69, 9.17) is 14.2 Å². The molecule has 0 heterocycles. The van der Waals surface area contributed by atoms with Gasteiger partial charge in [-0.2, -0.15) is 0 Å². The summed E-state index contributed by atoms with van der Waals surface area (Å²) in [5.74, 6) is 0.0343. The first-order valence-corrected chi connectivity index (χ1v) is 24.9. The van der Waals surface area contributed by atoms with Gasteiger partial charge in [-0.1, -0.05) is 240 Å². The largest absolute Gasteiger partial charge is 0.462 e. The van der Waals surface area contributed by atoms with Crippen LogP contribution >= 0.6 is 0 Å². The Hall–Kier alpha value is -1.59. The van der Waals surface area contributed by atoms with Gasteiger partial charge < -0.3 is 14.2 Å². The van der Waals surface area contributed by atoms with E-state index >= 15 is 0 Å². The highest BCUT2D eigenvalue weighted by Crippen LogP contribution is 2.17. The molecule has 0 fully saturated rings. The molecule has 0 aliphatic carbocycles. The standard InChI is InChI=1S/C50H96O6/c1-5-8-10-12-13-14-15-16-17-22-25-28-31-35-39-43-50(53)56-47(44-54-48(51)41-37-32-11-9-6-2)45-55-49(52)42-38-34-30-27-24-21-19-18-20-23-26-29-33-36-40-46(4)7-3/h46-47H,5-45H2,1-4H3/t46?,47-/m1/s1. The Morgan fingerprint density at radius 2 is 0.625 bits per heavy atom. The zero-order valence-electron chi connectivity index (χ0n) is 38.1. The minimum atomic E-state index is -0.758. The van der Waals surface area contributed by atoms with Crippen LogP contribution < -0.4 is 0 Å². The molecule has 0 saturated heterocycles. The fraction of sp³-hybridized carbons (Fsp3) is 0.940. The number of unbranched alkanes of at least 4 members (excludes halogenated alkanes) is 31. The van der Waals surface area contributed by atoms with E-state index in [1.807, 2.05) is 0 Å². The average Bonchev–Trinajstić information content (AvgIpc) is 3.19. The molecule has 0 aromatic heterocycles. The van der Waals surface area contributed by atoms with Crippen molar-refractivity contribution in [2.24, 2.45) is 5.92 Å². The van der Waals surface area contributed by atoms with Gasteiger partial charge in [-0.05, 0) is 25.2 Å². The maximum Gasteiger partial charge on any atom is 0.306 e. The molecular weight excluding hydrogens is 697 g/mol. The topological polar surface area (TPSA) is 78.9 Å². The number of rotatable bonds is 45. The summed E-state index contributed by atoms with van der Waals surface area (Å²) in [6, 6.07) is 0. The lowest BCUT2D eigenvalue weighted by atomic mass is 9.99. The third-order valence-electron chi connectivity index (χ3n) is 11.7. The van der Waals surface area contributed by atoms with E-state index in [9.17, 15) is 14.4 Å². The minimum Gasteiger partial charge on any atom is -0.462 e. The van der Waals surface area contributed by atoms with E-state index in [0.29, 0.717) is 19.3 Å². The molecular formula is C50H96O6. The summed E-state index contributed by atoms with van der Waals surface area (Å²) in [5.41, 5.74) is 0. The number of carbonyl (C=O) groups is 3. The van der Waals surface area contributed by atoms with Gasteiger partial charge in [-0.3, -0.25) is 14.4 Å². The van der Waals surface area contributed by atoms with E-state index in [1.54, 1.807) is 0 Å². The highest BCUT2D eigenvalue weighted by atomic mass is 16.6. The molecule has 1 unspecified atom stereocenters. The van der Waals surface area contributed by atoms with Crippen LogP contribution in [0.25, 0.3) is 0 Å². The van der Waals surface area contributed by atoms with Gasteiger partial charge >= 0.3 is 17.9 Å². The molecule has 0 bridgehead atoms. The van der Waals surface area contributed by atoms with Gasteiger partial charge in [0.05, 0.1) is 0 Å². The highest BCUT2D eigenvalue weighted by Gasteiger charge is 2.19. The van der Waals surface area contributed by atoms with Crippen LogP contribution in [-0.2, 0) is 28.6 Å². The smallest absolute Gasteiger partial charge is 0.306 e. The Bertz CT molecular complexity index is 843. The van der Waals surface area contributed by atoms with Gasteiger partial charge in [-0.15, -0.1) is 0 Å². The van der Waals surface area contributed by atoms with Crippen molar-refractivity contribution in [1.82, 2.24) is 0 Å². The molecule has 0 saturated carbocycles. The van der Waals surface area contributed by atoms with Crippen LogP contribution in [0.15, 0.2) is 0 Å². The lowest BCUT2D eigenvalue weighted by Gasteiger charge is -2.18. The van der Waals surface area contributed by atoms with Crippen molar-refractivity contribution in [2.45, 2.75) is 284 Å². The van der Waals surface area contributed by atoms with Crippen molar-refractivity contribution in [3.05, 3.63) is 0 Å². The Kier molecular flexibility index (Phi) is 43.2. The molecule has 0 aromatic rings. The summed E-state index contributed by atoms with van der Waals surface area (Å²) in [6.07, 6.45) is 45.4. The van der Waals surface area contributed by atoms with Gasteiger partial charge in [0.15, 0.2) is 6.10 Å². The van der Waals surface area contributed by atoms with Crippen LogP contribution in [0.4, 0.5) is 0 Å². The van der Waals surface area contributed by atoms with Crippen molar-refractivity contribution in [3.8, 4) is 0 Å². The molecule has 0 rings (SSSR count). The molecule has 0 aliphatic heterocycles. The summed E-state index contributed by atoms with van der Waals surface area (Å²) in [5, 5.41) is 0. The summed E-state index contributed by atoms with van der Waals surface area (Å²) in [4.78, 5) is 37.6. The van der Waals surface area contributed by atoms with Crippen LogP contribution in [0.2, 0.25) is 0 Å². The predicted octanol–water partition coefficient (Wildman–Crippen LogP) is 15.9. The maximum atomic E-state index is 12.7. The Balaban J connectivity index is 4.12. The first-order valence-electron chi connectivity index (χ1n) is 24.9. The van der Waals surface area contributed by atoms with Crippen molar-refractivity contribution < 1.29 is 28.6 Å². The highest BCUT2D eigenvalue weighted by molar-refractivity contribution is 5.71. The zero-order chi connectivity index (χ0) is 41.0. The van der Waals surface area contributed by atoms with Gasteiger partial charge in [0, 0.05) is 19.3 Å². The summed E-state index contributed by atoms with van der Waals surface area (Å²) < 4.78 is 16.7. The monoisotopic (exact) mass is 793 g/mol. The van der Waals surface area contributed by atoms with Gasteiger partial charge in [0.2, 0.25) is 0 Å². The molecule has 6 heteroatoms. The van der Waals surface area contributed by atoms with Gasteiger partial charge in [-0.25, -0.2) is 0 Å². The van der Waals surface area contributed by atoms with Crippen LogP contribution in [0, 0.1) is 5.92 Å². The molecule has 332 valence electrons. The summed E-state index contributed by atoms with van der Waals surface area (Å²) >= 11 is 0. The van der Waals surface area contributed by atoms with Crippen molar-refractivity contribution >= 4 is 17.9 Å². The molecule has 0 N–H and O–H groups in total. The minimum absolute atomic E-state index is 0.0640. The number of esters is 3. The molecule has 0 aromatic carbocycles. The lowest BCUT2D eigenvalue weighted by molar-refractivity contribution is -0.167. The van der Waals surface area contributed by atoms with Gasteiger partial charge in [0.25, 0.3) is 0 Å². The summed E-state index contributed by atoms with van der Waals surface area (Å²) in [7, 11) is 0. The second kappa shape index (κ2) is 44.5. The fourth-order valence-corrected chi connectivity index (χ4v) is 7.48. The molecule has 0 spiro atoms. The number of hydrogen-bond acceptors (Lipinski definition) is 6. The lowest BCUT2D eigenvalue weighted by Crippen LogP contribution is -2.30. The van der Waals surface area contributed by atoms with E-state index in [1.165, 1.54) is 167 Å². The van der Waals surface area contributed by atoms with Gasteiger partial charge in [0.1, 0.15) is 13.2 Å². The summed E-state index contributed by atoms with van der Waals surface area (Å²) in [6.45, 7) is 8.98. The number of ether oxygens (including phenoxy) is 3. The quantitative estimate of drug-likeness (QED) is 0.0347. The second-order valence-electron chi connectivity index (χ2n) is 17.3. The number of carbonyl (C=O) groups excluding carboxylic acids is 3. The molecule has 6 nitrogen and oxygen atoms in total. The van der Waals surface area contributed by atoms with Crippen LogP contribution in [0.5, 0.6) is 0 Å². The van der Waals surface area contributed by atoms with Crippen LogP contribution in [-0.4, -0.2) is 37.2 Å². The van der Waals surface area contributed by atoms with Crippen molar-refractivity contribution in [1.29, 1.82) is 0 Å². The Labute approximate surface area is 348 Å². The maximum absolute atomic E-state index is 12.7. The Morgan fingerprint density at radius 3 is 0.929 bits per heavy atom. The normalized spacial score (nSPS) is 12.4. The predicted molar refractivity (Wildman–Crippen MR) is 238 cm³/mol. The molecule has 0 radical (unpaired) electrons. The zero-order valence-corrected chi connectivity index (χ0v) is 38.1. The molecule has 2 atom stereocenters. The van der Waals surface area contributed by atoms with Crippen molar-refractivity contribution in [3.63, 3.8) is 0 Å². The van der Waals surface area contributed by atoms with E-state index in [2.05, 4.69) is 27.7 Å². The third kappa shape index (κ3) is 42.0. The van der Waals surface area contributed by atoms with Crippen LogP contribution in [0.3, 0.4) is 0 Å². The van der Waals surface area contributed by atoms with E-state index in [0.717, 1.165) is 70.1 Å². The SMILES string of the molecule is CCCCCCCCCCCCCCCCCC(=O)O[C@H](COC(=O)CCCCCCC)COC(=O)CCCCCCCCCCCCCCCCC(C)CC. The first kappa shape index (κ1) is 54.4. The second-order valence-corrected chi connectivity index (χ2v) is 17.3. The van der Waals surface area contributed by atoms with Crippen molar-refractivity contribution in [2.75, 3.05) is 13.2 Å². The molecule has 56 heavy (non-hydrogen) atoms. The fourth-order valence-electron chi connectivity index (χ4n) is 7.48. The van der Waals surface area contributed by atoms with E-state index in [-0.39, 0.29) is 31.1 Å².